The molecule has 3 aromatic carbocycles. The summed E-state index contributed by atoms with van der Waals surface area (Å²) in [4.78, 5) is 11.9. The molecule has 0 heterocycles. The van der Waals surface area contributed by atoms with Crippen LogP contribution < -0.4 is 4.74 Å². The van der Waals surface area contributed by atoms with Gasteiger partial charge in [0.05, 0.1) is 0 Å². The van der Waals surface area contributed by atoms with Gasteiger partial charge in [-0.25, -0.2) is 0 Å². The normalized spacial score (nSPS) is 10.2. The van der Waals surface area contributed by atoms with Crippen molar-refractivity contribution in [2.45, 2.75) is 25.3 Å². The summed E-state index contributed by atoms with van der Waals surface area (Å²) in [6.07, 6.45) is 0. The molecule has 0 fully saturated rings. The van der Waals surface area contributed by atoms with Gasteiger partial charge in [-0.3, -0.25) is 4.79 Å². The summed E-state index contributed by atoms with van der Waals surface area (Å²) in [6, 6.07) is 22.4. The molecule has 0 amide bonds. The molecule has 0 aromatic heterocycles. The zero-order valence-electron chi connectivity index (χ0n) is 17.5. The molecular formula is C26H23IO3S. The summed E-state index contributed by atoms with van der Waals surface area (Å²) in [5.74, 6) is 7.80. The van der Waals surface area contributed by atoms with Crippen LogP contribution in [0.5, 0.6) is 5.75 Å². The Labute approximate surface area is 201 Å². The molecule has 0 saturated heterocycles. The molecule has 0 saturated carbocycles. The number of hydrogen-bond acceptors (Lipinski definition) is 4. The van der Waals surface area contributed by atoms with Gasteiger partial charge < -0.3 is 9.47 Å². The van der Waals surface area contributed by atoms with E-state index in [0.29, 0.717) is 13.2 Å². The van der Waals surface area contributed by atoms with E-state index in [-0.39, 0.29) is 5.97 Å². The summed E-state index contributed by atoms with van der Waals surface area (Å²) in [7, 11) is 0. The van der Waals surface area contributed by atoms with E-state index in [2.05, 4.69) is 64.8 Å². The summed E-state index contributed by atoms with van der Waals surface area (Å²) in [5, 5.41) is 0. The number of hydrogen-bond donors (Lipinski definition) is 0. The Morgan fingerprint density at radius 3 is 2.32 bits per heavy atom. The molecule has 0 aliphatic carbocycles. The first-order valence-corrected chi connectivity index (χ1v) is 11.9. The van der Waals surface area contributed by atoms with Crippen molar-refractivity contribution in [3.05, 3.63) is 92.6 Å². The van der Waals surface area contributed by atoms with E-state index in [1.807, 2.05) is 43.3 Å². The van der Waals surface area contributed by atoms with Crippen molar-refractivity contribution in [1.82, 2.24) is 0 Å². The van der Waals surface area contributed by atoms with Crippen LogP contribution in [0.3, 0.4) is 0 Å². The fourth-order valence-electron chi connectivity index (χ4n) is 2.75. The van der Waals surface area contributed by atoms with Crippen molar-refractivity contribution in [3.8, 4) is 17.6 Å². The predicted octanol–water partition coefficient (Wildman–Crippen LogP) is 6.23. The Hall–Kier alpha value is -2.43. The first-order valence-electron chi connectivity index (χ1n) is 9.86. The predicted molar refractivity (Wildman–Crippen MR) is 134 cm³/mol. The van der Waals surface area contributed by atoms with Crippen molar-refractivity contribution in [2.75, 3.05) is 12.4 Å². The summed E-state index contributed by atoms with van der Waals surface area (Å²) >= 11 is 3.95. The van der Waals surface area contributed by atoms with E-state index in [4.69, 9.17) is 9.47 Å². The van der Waals surface area contributed by atoms with Gasteiger partial charge in [0.2, 0.25) is 0 Å². The second-order valence-electron chi connectivity index (χ2n) is 6.86. The number of carbonyl (C=O) groups excluding carboxylic acids is 1. The molecule has 31 heavy (non-hydrogen) atoms. The van der Waals surface area contributed by atoms with Crippen molar-refractivity contribution < 1.29 is 14.3 Å². The average Bonchev–Trinajstić information content (AvgIpc) is 2.76. The lowest BCUT2D eigenvalue weighted by molar-refractivity contribution is -0.140. The highest BCUT2D eigenvalue weighted by Gasteiger charge is 2.02. The first-order chi connectivity index (χ1) is 15.0. The maximum Gasteiger partial charge on any atom is 0.302 e. The third-order valence-electron chi connectivity index (χ3n) is 4.35. The van der Waals surface area contributed by atoms with Crippen LogP contribution in [0.1, 0.15) is 29.2 Å². The summed E-state index contributed by atoms with van der Waals surface area (Å²) < 4.78 is 12.1. The van der Waals surface area contributed by atoms with Crippen LogP contribution in [0.25, 0.3) is 0 Å². The number of benzene rings is 3. The fraction of sp³-hybridized carbons (Fsp3) is 0.192. The molecule has 0 atom stereocenters. The minimum Gasteiger partial charge on any atom is -0.489 e. The number of carbonyl (C=O) groups is 1. The van der Waals surface area contributed by atoms with Crippen LogP contribution in [-0.4, -0.2) is 18.3 Å². The quantitative estimate of drug-likeness (QED) is 0.117. The maximum atomic E-state index is 10.8. The summed E-state index contributed by atoms with van der Waals surface area (Å²) in [5.41, 5.74) is 4.13. The second kappa shape index (κ2) is 11.8. The topological polar surface area (TPSA) is 35.5 Å². The third-order valence-corrected chi connectivity index (χ3v) is 6.04. The number of ether oxygens (including phenoxy) is 2. The van der Waals surface area contributed by atoms with Crippen LogP contribution in [0.4, 0.5) is 0 Å². The van der Waals surface area contributed by atoms with E-state index in [1.54, 1.807) is 11.8 Å². The van der Waals surface area contributed by atoms with Gasteiger partial charge >= 0.3 is 5.97 Å². The van der Waals surface area contributed by atoms with Gasteiger partial charge in [-0.1, -0.05) is 24.0 Å². The molecule has 0 spiro atoms. The second-order valence-corrected chi connectivity index (χ2v) is 9.27. The smallest absolute Gasteiger partial charge is 0.302 e. The Morgan fingerprint density at radius 1 is 0.968 bits per heavy atom. The molecule has 0 bridgehead atoms. The molecule has 3 aromatic rings. The maximum absolute atomic E-state index is 10.8. The molecule has 0 radical (unpaired) electrons. The van der Waals surface area contributed by atoms with Crippen molar-refractivity contribution in [2.24, 2.45) is 0 Å². The zero-order valence-corrected chi connectivity index (χ0v) is 20.5. The molecule has 0 aliphatic rings. The number of esters is 1. The SMILES string of the molecule is CC(=O)OCCSc1ccc(C#Cc2ccc(OCc3ccc(I)cc3)c(C)c2)cc1. The van der Waals surface area contributed by atoms with Gasteiger partial charge in [-0.05, 0) is 95.2 Å². The molecule has 0 aliphatic heterocycles. The minimum atomic E-state index is -0.243. The Bertz CT molecular complexity index is 1080. The van der Waals surface area contributed by atoms with Crippen LogP contribution in [0, 0.1) is 22.3 Å². The number of thioether (sulfide) groups is 1. The van der Waals surface area contributed by atoms with Crippen molar-refractivity contribution in [1.29, 1.82) is 0 Å². The zero-order chi connectivity index (χ0) is 22.1. The number of rotatable bonds is 7. The standard InChI is InChI=1S/C26H23IO3S/c1-19-17-22(9-14-26(19)30-18-23-5-10-24(27)11-6-23)4-3-21-7-12-25(13-8-21)31-16-15-29-20(2)28/h5-14,17H,15-16,18H2,1-2H3. The fourth-order valence-corrected chi connectivity index (χ4v) is 3.85. The van der Waals surface area contributed by atoms with Gasteiger partial charge in [0.1, 0.15) is 19.0 Å². The molecular weight excluding hydrogens is 519 g/mol. The van der Waals surface area contributed by atoms with E-state index >= 15 is 0 Å². The van der Waals surface area contributed by atoms with Crippen molar-refractivity contribution >= 4 is 40.3 Å². The molecule has 3 rings (SSSR count). The largest absolute Gasteiger partial charge is 0.489 e. The summed E-state index contributed by atoms with van der Waals surface area (Å²) in [6.45, 7) is 4.43. The lowest BCUT2D eigenvalue weighted by atomic mass is 10.1. The monoisotopic (exact) mass is 542 g/mol. The van der Waals surface area contributed by atoms with Gasteiger partial charge in [0, 0.05) is 32.3 Å². The Balaban J connectivity index is 1.55. The highest BCUT2D eigenvalue weighted by atomic mass is 127. The van der Waals surface area contributed by atoms with Crippen LogP contribution in [0.15, 0.2) is 71.6 Å². The van der Waals surface area contributed by atoms with Crippen molar-refractivity contribution in [3.63, 3.8) is 0 Å². The van der Waals surface area contributed by atoms with E-state index in [0.717, 1.165) is 38.7 Å². The average molecular weight is 542 g/mol. The number of aryl methyl sites for hydroxylation is 1. The van der Waals surface area contributed by atoms with E-state index in [1.165, 1.54) is 10.5 Å². The molecule has 0 unspecified atom stereocenters. The van der Waals surface area contributed by atoms with Gasteiger partial charge in [0.25, 0.3) is 0 Å². The first kappa shape index (κ1) is 23.2. The van der Waals surface area contributed by atoms with Crippen LogP contribution in [-0.2, 0) is 16.1 Å². The highest BCUT2D eigenvalue weighted by molar-refractivity contribution is 14.1. The number of halogens is 1. The molecule has 158 valence electrons. The third kappa shape index (κ3) is 7.97. The molecule has 3 nitrogen and oxygen atoms in total. The molecule has 5 heteroatoms. The van der Waals surface area contributed by atoms with Gasteiger partial charge in [-0.15, -0.1) is 11.8 Å². The van der Waals surface area contributed by atoms with Crippen LogP contribution in [0.2, 0.25) is 0 Å². The lowest BCUT2D eigenvalue weighted by Gasteiger charge is -2.09. The van der Waals surface area contributed by atoms with E-state index in [9.17, 15) is 4.79 Å². The Kier molecular flexibility index (Phi) is 8.86. The lowest BCUT2D eigenvalue weighted by Crippen LogP contribution is -2.02. The minimum absolute atomic E-state index is 0.243. The Morgan fingerprint density at radius 2 is 1.65 bits per heavy atom. The van der Waals surface area contributed by atoms with Gasteiger partial charge in [-0.2, -0.15) is 0 Å². The van der Waals surface area contributed by atoms with Crippen LogP contribution >= 0.6 is 34.4 Å². The van der Waals surface area contributed by atoms with E-state index < -0.39 is 0 Å². The molecule has 0 N–H and O–H groups in total. The van der Waals surface area contributed by atoms with Gasteiger partial charge in [0.15, 0.2) is 0 Å². The highest BCUT2D eigenvalue weighted by Crippen LogP contribution is 2.21.